The van der Waals surface area contributed by atoms with Crippen LogP contribution >= 0.6 is 0 Å². The molecule has 0 amide bonds. The van der Waals surface area contributed by atoms with E-state index in [1.165, 1.54) is 24.1 Å². The lowest BCUT2D eigenvalue weighted by molar-refractivity contribution is 0.313. The maximum absolute atomic E-state index is 2.36. The molecule has 13 heavy (non-hydrogen) atoms. The van der Waals surface area contributed by atoms with E-state index in [-0.39, 0.29) is 0 Å². The number of benzene rings is 1. The summed E-state index contributed by atoms with van der Waals surface area (Å²) in [6.45, 7) is 6.33. The standard InChI is InChI=1S/C10H13N.C2H6/c1-11-7-6-9-4-2-3-5-10(9)8-11;1-2/h2-5H,6-8H2,1H3;1-2H3. The fraction of sp³-hybridized carbons (Fsp3) is 0.500. The van der Waals surface area contributed by atoms with Crippen LogP contribution in [0.25, 0.3) is 0 Å². The van der Waals surface area contributed by atoms with Gasteiger partial charge in [0, 0.05) is 13.1 Å². The van der Waals surface area contributed by atoms with Gasteiger partial charge in [-0.05, 0) is 24.6 Å². The van der Waals surface area contributed by atoms with Gasteiger partial charge in [-0.15, -0.1) is 0 Å². The smallest absolute Gasteiger partial charge is 0.0233 e. The summed E-state index contributed by atoms with van der Waals surface area (Å²) < 4.78 is 0. The van der Waals surface area contributed by atoms with Crippen molar-refractivity contribution in [1.29, 1.82) is 0 Å². The fourth-order valence-electron chi connectivity index (χ4n) is 1.64. The Morgan fingerprint density at radius 2 is 1.69 bits per heavy atom. The summed E-state index contributed by atoms with van der Waals surface area (Å²) >= 11 is 0. The Morgan fingerprint density at radius 1 is 1.08 bits per heavy atom. The highest BCUT2D eigenvalue weighted by Crippen LogP contribution is 2.16. The van der Waals surface area contributed by atoms with Crippen LogP contribution in [0.15, 0.2) is 24.3 Å². The highest BCUT2D eigenvalue weighted by atomic mass is 15.1. The van der Waals surface area contributed by atoms with Crippen LogP contribution in [0.4, 0.5) is 0 Å². The van der Waals surface area contributed by atoms with Gasteiger partial charge in [-0.1, -0.05) is 38.1 Å². The Kier molecular flexibility index (Phi) is 3.97. The quantitative estimate of drug-likeness (QED) is 0.589. The van der Waals surface area contributed by atoms with Crippen LogP contribution in [0, 0.1) is 0 Å². The minimum atomic E-state index is 1.12. The molecule has 0 saturated heterocycles. The van der Waals surface area contributed by atoms with Crippen LogP contribution in [-0.2, 0) is 13.0 Å². The minimum absolute atomic E-state index is 1.12. The molecule has 1 aliphatic heterocycles. The molecule has 2 rings (SSSR count). The second kappa shape index (κ2) is 5.03. The lowest BCUT2D eigenvalue weighted by atomic mass is 10.0. The lowest BCUT2D eigenvalue weighted by Crippen LogP contribution is -2.26. The highest BCUT2D eigenvalue weighted by molar-refractivity contribution is 5.28. The number of likely N-dealkylation sites (N-methyl/N-ethyl adjacent to an activating group) is 1. The normalized spacial score (nSPS) is 15.6. The summed E-state index contributed by atoms with van der Waals surface area (Å²) in [5, 5.41) is 0. The first-order chi connectivity index (χ1) is 6.36. The van der Waals surface area contributed by atoms with Crippen LogP contribution < -0.4 is 0 Å². The first-order valence-corrected chi connectivity index (χ1v) is 5.11. The van der Waals surface area contributed by atoms with Crippen molar-refractivity contribution in [2.45, 2.75) is 26.8 Å². The second-order valence-electron chi connectivity index (χ2n) is 3.26. The number of hydrogen-bond donors (Lipinski definition) is 0. The molecule has 1 nitrogen and oxygen atoms in total. The molecule has 0 unspecified atom stereocenters. The first-order valence-electron chi connectivity index (χ1n) is 5.11. The minimum Gasteiger partial charge on any atom is -0.302 e. The molecule has 1 aromatic rings. The molecule has 0 N–H and O–H groups in total. The molecule has 1 heterocycles. The van der Waals surface area contributed by atoms with E-state index < -0.39 is 0 Å². The van der Waals surface area contributed by atoms with E-state index in [1.54, 1.807) is 0 Å². The molecule has 0 fully saturated rings. The molecule has 0 saturated carbocycles. The molecule has 1 aliphatic rings. The van der Waals surface area contributed by atoms with Gasteiger partial charge in [0.2, 0.25) is 0 Å². The van der Waals surface area contributed by atoms with E-state index in [9.17, 15) is 0 Å². The van der Waals surface area contributed by atoms with E-state index in [1.807, 2.05) is 13.8 Å². The van der Waals surface area contributed by atoms with Crippen molar-refractivity contribution >= 4 is 0 Å². The summed E-state index contributed by atoms with van der Waals surface area (Å²) in [4.78, 5) is 2.36. The Labute approximate surface area is 81.4 Å². The molecule has 1 aromatic carbocycles. The van der Waals surface area contributed by atoms with Gasteiger partial charge in [0.25, 0.3) is 0 Å². The number of rotatable bonds is 0. The topological polar surface area (TPSA) is 3.24 Å². The van der Waals surface area contributed by atoms with Gasteiger partial charge >= 0.3 is 0 Å². The van der Waals surface area contributed by atoms with Gasteiger partial charge in [-0.2, -0.15) is 0 Å². The van der Waals surface area contributed by atoms with Crippen molar-refractivity contribution in [2.24, 2.45) is 0 Å². The average Bonchev–Trinajstić information content (AvgIpc) is 2.21. The Bertz CT molecular complexity index is 255. The average molecular weight is 177 g/mol. The van der Waals surface area contributed by atoms with Crippen molar-refractivity contribution in [3.05, 3.63) is 35.4 Å². The van der Waals surface area contributed by atoms with Crippen molar-refractivity contribution in [3.8, 4) is 0 Å². The molecule has 1 heteroatoms. The third kappa shape index (κ3) is 2.56. The Hall–Kier alpha value is -0.820. The highest BCUT2D eigenvalue weighted by Gasteiger charge is 2.10. The van der Waals surface area contributed by atoms with E-state index in [2.05, 4.69) is 36.2 Å². The summed E-state index contributed by atoms with van der Waals surface area (Å²) in [5.41, 5.74) is 3.03. The molecule has 0 aromatic heterocycles. The van der Waals surface area contributed by atoms with Gasteiger partial charge in [0.15, 0.2) is 0 Å². The summed E-state index contributed by atoms with van der Waals surface area (Å²) in [5.74, 6) is 0. The predicted octanol–water partition coefficient (Wildman–Crippen LogP) is 2.70. The van der Waals surface area contributed by atoms with Crippen molar-refractivity contribution in [2.75, 3.05) is 13.6 Å². The van der Waals surface area contributed by atoms with Crippen LogP contribution in [0.5, 0.6) is 0 Å². The van der Waals surface area contributed by atoms with Crippen LogP contribution in [-0.4, -0.2) is 18.5 Å². The number of fused-ring (bicyclic) bond motifs is 1. The van der Waals surface area contributed by atoms with E-state index in [4.69, 9.17) is 0 Å². The summed E-state index contributed by atoms with van der Waals surface area (Å²) in [6.07, 6.45) is 1.21. The lowest BCUT2D eigenvalue weighted by Gasteiger charge is -2.24. The molecule has 0 atom stereocenters. The van der Waals surface area contributed by atoms with E-state index in [0.29, 0.717) is 0 Å². The molecular formula is C12H19N. The Balaban J connectivity index is 0.000000396. The molecule has 0 bridgehead atoms. The number of hydrogen-bond acceptors (Lipinski definition) is 1. The zero-order valence-corrected chi connectivity index (χ0v) is 8.88. The number of nitrogens with zero attached hydrogens (tertiary/aromatic N) is 1. The molecule has 0 radical (unpaired) electrons. The maximum Gasteiger partial charge on any atom is 0.0233 e. The van der Waals surface area contributed by atoms with Gasteiger partial charge in [0.1, 0.15) is 0 Å². The first kappa shape index (κ1) is 10.3. The molecular weight excluding hydrogens is 158 g/mol. The van der Waals surface area contributed by atoms with Crippen molar-refractivity contribution < 1.29 is 0 Å². The SMILES string of the molecule is CC.CN1CCc2ccccc2C1. The second-order valence-corrected chi connectivity index (χ2v) is 3.26. The third-order valence-electron chi connectivity index (χ3n) is 2.32. The molecule has 0 aliphatic carbocycles. The molecule has 0 spiro atoms. The predicted molar refractivity (Wildman–Crippen MR) is 57.8 cm³/mol. The zero-order chi connectivity index (χ0) is 9.68. The zero-order valence-electron chi connectivity index (χ0n) is 8.88. The monoisotopic (exact) mass is 177 g/mol. The van der Waals surface area contributed by atoms with Gasteiger partial charge < -0.3 is 4.90 Å². The van der Waals surface area contributed by atoms with Gasteiger partial charge in [-0.3, -0.25) is 0 Å². The van der Waals surface area contributed by atoms with E-state index in [0.717, 1.165) is 6.54 Å². The van der Waals surface area contributed by atoms with Crippen LogP contribution in [0.2, 0.25) is 0 Å². The largest absolute Gasteiger partial charge is 0.302 e. The third-order valence-corrected chi connectivity index (χ3v) is 2.32. The van der Waals surface area contributed by atoms with Gasteiger partial charge in [0.05, 0.1) is 0 Å². The maximum atomic E-state index is 2.36. The Morgan fingerprint density at radius 3 is 2.38 bits per heavy atom. The van der Waals surface area contributed by atoms with Gasteiger partial charge in [-0.25, -0.2) is 0 Å². The molecule has 72 valence electrons. The fourth-order valence-corrected chi connectivity index (χ4v) is 1.64. The summed E-state index contributed by atoms with van der Waals surface area (Å²) in [6, 6.07) is 8.72. The van der Waals surface area contributed by atoms with Crippen molar-refractivity contribution in [3.63, 3.8) is 0 Å². The van der Waals surface area contributed by atoms with Crippen LogP contribution in [0.1, 0.15) is 25.0 Å². The van der Waals surface area contributed by atoms with Crippen LogP contribution in [0.3, 0.4) is 0 Å². The van der Waals surface area contributed by atoms with Crippen molar-refractivity contribution in [1.82, 2.24) is 4.90 Å². The van der Waals surface area contributed by atoms with E-state index >= 15 is 0 Å². The summed E-state index contributed by atoms with van der Waals surface area (Å²) in [7, 11) is 2.18.